The van der Waals surface area contributed by atoms with Crippen molar-refractivity contribution in [2.75, 3.05) is 88.5 Å². The van der Waals surface area contributed by atoms with E-state index in [2.05, 4.69) is 191 Å². The van der Waals surface area contributed by atoms with Gasteiger partial charge < -0.3 is 80.4 Å². The van der Waals surface area contributed by atoms with E-state index in [-0.39, 0.29) is 31.1 Å². The van der Waals surface area contributed by atoms with Crippen molar-refractivity contribution in [3.05, 3.63) is 337 Å². The highest BCUT2D eigenvalue weighted by Gasteiger charge is 2.31. The van der Waals surface area contributed by atoms with Crippen molar-refractivity contribution < 1.29 is 24.9 Å². The van der Waals surface area contributed by atoms with Crippen LogP contribution in [-0.4, -0.2) is 155 Å². The number of aryl methyl sites for hydroxylation is 5. The highest BCUT2D eigenvalue weighted by atomic mass is 16.3. The third-order valence-corrected chi connectivity index (χ3v) is 25.8. The fourth-order valence-corrected chi connectivity index (χ4v) is 17.5. The molecule has 752 valence electrons. The number of nitrogen functional groups attached to an aromatic ring is 5. The number of pyridine rings is 13. The van der Waals surface area contributed by atoms with Crippen molar-refractivity contribution in [1.82, 2.24) is 94.2 Å². The summed E-state index contributed by atoms with van der Waals surface area (Å²) in [6.45, 7) is 18.5. The smallest absolute Gasteiger partial charge is 0.253 e. The van der Waals surface area contributed by atoms with E-state index in [9.17, 15) is 19.8 Å². The molecule has 34 heteroatoms. The molecule has 0 saturated carbocycles. The number of amides is 2. The zero-order valence-corrected chi connectivity index (χ0v) is 84.2. The number of rotatable bonds is 27. The van der Waals surface area contributed by atoms with Crippen molar-refractivity contribution >= 4 is 153 Å². The molecule has 20 aromatic rings. The zero-order valence-electron chi connectivity index (χ0n) is 84.2. The normalized spacial score (nSPS) is 11.8. The number of nitrogens with two attached hydrogens (primary N) is 5. The van der Waals surface area contributed by atoms with Crippen LogP contribution in [0, 0.1) is 6.92 Å². The van der Waals surface area contributed by atoms with Gasteiger partial charge in [0.1, 0.15) is 75.6 Å². The predicted octanol–water partition coefficient (Wildman–Crippen LogP) is 20.7. The second-order valence-corrected chi connectivity index (χ2v) is 35.7. The van der Waals surface area contributed by atoms with Crippen LogP contribution in [0.2, 0.25) is 0 Å². The second kappa shape index (κ2) is 47.0. The van der Waals surface area contributed by atoms with E-state index < -0.39 is 6.10 Å². The Hall–Kier alpha value is -18.4. The van der Waals surface area contributed by atoms with Crippen molar-refractivity contribution in [3.63, 3.8) is 0 Å². The van der Waals surface area contributed by atoms with Gasteiger partial charge in [0.2, 0.25) is 5.91 Å². The summed E-state index contributed by atoms with van der Waals surface area (Å²) in [5, 5.41) is 61.9. The minimum atomic E-state index is -0.509. The number of anilines is 15. The first-order valence-electron chi connectivity index (χ1n) is 49.3. The van der Waals surface area contributed by atoms with E-state index in [1.807, 2.05) is 183 Å². The number of aliphatic hydroxyl groups excluding tert-OH is 3. The van der Waals surface area contributed by atoms with Crippen molar-refractivity contribution in [3.8, 4) is 56.3 Å². The largest absolute Gasteiger partial charge is 0.394 e. The standard InChI is InChI=1S/C25H26N6O.C24H25N5O.C23H23N7O.C22H21N5O.C21H22N6O/c1-4-16-8-6-7-9-19(16)21-12-18-14-23(28-15-20(18)24(26)29-21)30-22-13-17(10-11-27-22)25(32)31(3)5-2;1-3-15-7-5-6-8-18(15)20-11-17-13-23(27-14-19(17)24(25)28-20)29-22-12-16(9-10-26-22)21(30)4-2;1-14-5-3-4-6-19(14)21-7-16-8-22(25-10-20(16)23(24)28-21)27-17-9-26-30(11-17)18-12-29(13-18)15(2)31;1-2-14-6-3-4-8-17(14)19-10-15-11-21(24-12-18(15)22(23)26-19)27-20-9-5-7-16(13-28)25-20;1-2-14-5-3-4-6-17(14)19-9-15-10-20(23-12-18(15)21(22)26-19)25-16-11-24-27(13-16)7-8-28/h6-15H,4-5H2,1-3H3,(H2,26,29)(H,27,28,30);5-14,21,30H,3-4H2,1-2H3,(H2,25,28)(H,26,27,29);3-11,18H,12-13H2,1-2H3,(H2,24,28)(H,25,27);3-12,28H,2,13H2,1H3,(H2,23,26)(H,24,25,27);3-6,9-13,28H,2,7-8H2,1H3,(H2,22,26)(H,23,25). The molecule has 1 unspecified atom stereocenters. The Morgan fingerprint density at radius 2 is 0.772 bits per heavy atom. The number of carbonyl (C=O) groups excluding carboxylic acids is 2. The molecule has 0 radical (unpaired) electrons. The van der Waals surface area contributed by atoms with Crippen LogP contribution in [0.5, 0.6) is 0 Å². The number of nitrogens with one attached hydrogen (secondary N) is 5. The Balaban J connectivity index is 0.000000127. The van der Waals surface area contributed by atoms with Gasteiger partial charge in [-0.2, -0.15) is 10.2 Å². The van der Waals surface area contributed by atoms with Gasteiger partial charge in [-0.05, 0) is 203 Å². The van der Waals surface area contributed by atoms with Crippen molar-refractivity contribution in [1.29, 1.82) is 0 Å². The molecule has 1 fully saturated rings. The number of carbonyl (C=O) groups is 2. The van der Waals surface area contributed by atoms with Crippen LogP contribution in [0.15, 0.2) is 293 Å². The Kier molecular flexibility index (Phi) is 32.2. The van der Waals surface area contributed by atoms with Crippen molar-refractivity contribution in [2.24, 2.45) is 0 Å². The van der Waals surface area contributed by atoms with Gasteiger partial charge in [-0.1, -0.05) is 162 Å². The zero-order chi connectivity index (χ0) is 104. The van der Waals surface area contributed by atoms with E-state index in [1.54, 1.807) is 102 Å². The highest BCUT2D eigenvalue weighted by molar-refractivity contribution is 6.01. The van der Waals surface area contributed by atoms with Gasteiger partial charge in [0.15, 0.2) is 0 Å². The van der Waals surface area contributed by atoms with Gasteiger partial charge in [-0.3, -0.25) is 19.0 Å². The second-order valence-electron chi connectivity index (χ2n) is 35.7. The van der Waals surface area contributed by atoms with E-state index in [0.717, 1.165) is 158 Å². The Morgan fingerprint density at radius 3 is 1.17 bits per heavy atom. The lowest BCUT2D eigenvalue weighted by Crippen LogP contribution is -2.49. The van der Waals surface area contributed by atoms with E-state index in [0.29, 0.717) is 119 Å². The van der Waals surface area contributed by atoms with Crippen LogP contribution >= 0.6 is 0 Å². The summed E-state index contributed by atoms with van der Waals surface area (Å²) in [4.78, 5) is 85.5. The van der Waals surface area contributed by atoms with E-state index in [1.165, 1.54) is 22.3 Å². The molecule has 0 aliphatic carbocycles. The third-order valence-electron chi connectivity index (χ3n) is 25.8. The number of benzene rings is 5. The molecule has 5 aromatic carbocycles. The summed E-state index contributed by atoms with van der Waals surface area (Å²) in [6.07, 6.45) is 22.9. The molecule has 34 nitrogen and oxygen atoms in total. The maximum Gasteiger partial charge on any atom is 0.253 e. The van der Waals surface area contributed by atoms with Gasteiger partial charge in [-0.15, -0.1) is 0 Å². The molecule has 0 bridgehead atoms. The molecule has 2 amide bonds. The molecule has 149 heavy (non-hydrogen) atoms. The summed E-state index contributed by atoms with van der Waals surface area (Å²) in [6, 6.07) is 73.6. The van der Waals surface area contributed by atoms with E-state index in [4.69, 9.17) is 33.8 Å². The first-order chi connectivity index (χ1) is 72.4. The lowest BCUT2D eigenvalue weighted by atomic mass is 10.0. The first kappa shape index (κ1) is 102. The van der Waals surface area contributed by atoms with Crippen LogP contribution in [0.1, 0.15) is 116 Å². The van der Waals surface area contributed by atoms with Gasteiger partial charge >= 0.3 is 0 Å². The molecule has 21 rings (SSSR count). The monoisotopic (exact) mass is 1980 g/mol. The molecule has 16 heterocycles. The number of aliphatic hydroxyl groups is 3. The molecular formula is C115H117N29O5. The van der Waals surface area contributed by atoms with Crippen LogP contribution < -0.4 is 55.3 Å². The molecule has 1 aliphatic rings. The summed E-state index contributed by atoms with van der Waals surface area (Å²) < 4.78 is 3.56. The summed E-state index contributed by atoms with van der Waals surface area (Å²) in [5.41, 5.74) is 50.5. The molecule has 1 atom stereocenters. The van der Waals surface area contributed by atoms with Gasteiger partial charge in [0, 0.05) is 150 Å². The molecular weight excluding hydrogens is 1870 g/mol. The van der Waals surface area contributed by atoms with Gasteiger partial charge in [0.25, 0.3) is 5.91 Å². The molecule has 18 N–H and O–H groups in total. The minimum Gasteiger partial charge on any atom is -0.394 e. The average molecular weight is 1990 g/mol. The number of aromatic nitrogens is 17. The Morgan fingerprint density at radius 1 is 0.403 bits per heavy atom. The highest BCUT2D eigenvalue weighted by Crippen LogP contribution is 2.39. The van der Waals surface area contributed by atoms with Crippen LogP contribution in [0.3, 0.4) is 0 Å². The molecule has 1 saturated heterocycles. The third kappa shape index (κ3) is 24.3. The van der Waals surface area contributed by atoms with Crippen molar-refractivity contribution in [2.45, 2.75) is 113 Å². The molecule has 1 aliphatic heterocycles. The maximum atomic E-state index is 12.5. The predicted molar refractivity (Wildman–Crippen MR) is 595 cm³/mol. The number of nitrogens with zero attached hydrogens (tertiary/aromatic N) is 19. The average Bonchev–Trinajstić information content (AvgIpc) is 1.78. The SMILES string of the molecule is CC(=O)N1CC(n2cc(Nc3cc4cc(-c5ccccc5C)nc(N)c4cn3)cn2)C1.CCc1ccccc1-c1cc2cc(Nc3cc(C(=O)N(C)CC)ccn3)ncc2c(N)n1.CCc1ccccc1-c1cc2cc(Nc3cc(C(O)CC)ccn3)ncc2c(N)n1.CCc1ccccc1-c1cc2cc(Nc3cccc(CO)n3)ncc2c(N)n1.CCc1ccccc1-c1cc2cc(Nc3cnn(CCO)c3)ncc2c(N)n1. The fourth-order valence-electron chi connectivity index (χ4n) is 17.5. The summed E-state index contributed by atoms with van der Waals surface area (Å²) in [7, 11) is 1.77. The summed E-state index contributed by atoms with van der Waals surface area (Å²) in [5.74, 6) is 7.43. The number of likely N-dealkylation sites (tertiary alicyclic amines) is 1. The number of hydrogen-bond acceptors (Lipinski definition) is 30. The lowest BCUT2D eigenvalue weighted by Gasteiger charge is -2.38. The first-order valence-corrected chi connectivity index (χ1v) is 49.3. The van der Waals surface area contributed by atoms with Crippen LogP contribution in [0.4, 0.5) is 87.0 Å². The number of hydrogen-bond donors (Lipinski definition) is 13. The Bertz CT molecular complexity index is 8240. The molecule has 15 aromatic heterocycles. The van der Waals surface area contributed by atoms with Crippen LogP contribution in [0.25, 0.3) is 110 Å². The minimum absolute atomic E-state index is 0.0453. The quantitative estimate of drug-likeness (QED) is 0.0227. The van der Waals surface area contributed by atoms with Crippen LogP contribution in [-0.2, 0) is 43.6 Å². The lowest BCUT2D eigenvalue weighted by molar-refractivity contribution is -0.134. The maximum absolute atomic E-state index is 12.5. The number of fused-ring (bicyclic) bond motifs is 5. The van der Waals surface area contributed by atoms with E-state index >= 15 is 0 Å². The molecule has 0 spiro atoms. The topological polar surface area (TPSA) is 495 Å². The van der Waals surface area contributed by atoms with Gasteiger partial charge in [0.05, 0.1) is 89.8 Å². The fraction of sp³-hybridized carbons (Fsp3) is 0.191. The van der Waals surface area contributed by atoms with Gasteiger partial charge in [-0.25, -0.2) is 64.8 Å². The summed E-state index contributed by atoms with van der Waals surface area (Å²) >= 11 is 0. The Labute approximate surface area is 861 Å².